The monoisotopic (exact) mass is 284 g/mol. The van der Waals surface area contributed by atoms with Crippen molar-refractivity contribution in [2.24, 2.45) is 10.9 Å². The van der Waals surface area contributed by atoms with Gasteiger partial charge in [-0.3, -0.25) is 4.98 Å². The van der Waals surface area contributed by atoms with Gasteiger partial charge in [0.15, 0.2) is 5.84 Å². The number of nitrogens with zero attached hydrogens (tertiary/aromatic N) is 3. The van der Waals surface area contributed by atoms with Gasteiger partial charge in [0.05, 0.1) is 18.0 Å². The van der Waals surface area contributed by atoms with Crippen molar-refractivity contribution in [3.8, 4) is 5.75 Å². The number of benzene rings is 1. The van der Waals surface area contributed by atoms with Gasteiger partial charge >= 0.3 is 0 Å². The molecular formula is C15H16N4O2. The maximum atomic E-state index is 8.94. The molecule has 6 nitrogen and oxygen atoms in total. The van der Waals surface area contributed by atoms with Crippen molar-refractivity contribution in [1.82, 2.24) is 4.98 Å². The van der Waals surface area contributed by atoms with Crippen LogP contribution in [0.2, 0.25) is 0 Å². The average molecular weight is 284 g/mol. The van der Waals surface area contributed by atoms with Gasteiger partial charge in [-0.15, -0.1) is 0 Å². The van der Waals surface area contributed by atoms with E-state index in [1.807, 2.05) is 36.4 Å². The van der Waals surface area contributed by atoms with Gasteiger partial charge in [0.25, 0.3) is 0 Å². The van der Waals surface area contributed by atoms with E-state index in [0.717, 1.165) is 30.1 Å². The van der Waals surface area contributed by atoms with E-state index < -0.39 is 0 Å². The highest BCUT2D eigenvalue weighted by atomic mass is 16.5. The summed E-state index contributed by atoms with van der Waals surface area (Å²) >= 11 is 0. The molecule has 2 aromatic rings. The van der Waals surface area contributed by atoms with Crippen molar-refractivity contribution in [3.63, 3.8) is 0 Å². The maximum absolute atomic E-state index is 8.94. The number of ether oxygens (including phenoxy) is 1. The largest absolute Gasteiger partial charge is 0.491 e. The first kappa shape index (κ1) is 13.2. The number of para-hydroxylation sites is 2. The smallest absolute Gasteiger partial charge is 0.190 e. The van der Waals surface area contributed by atoms with E-state index in [4.69, 9.17) is 15.7 Å². The molecule has 0 amide bonds. The number of aromatic nitrogens is 1. The van der Waals surface area contributed by atoms with Gasteiger partial charge in [-0.25, -0.2) is 0 Å². The third-order valence-corrected chi connectivity index (χ3v) is 3.37. The zero-order valence-electron chi connectivity index (χ0n) is 11.4. The lowest BCUT2D eigenvalue weighted by atomic mass is 10.2. The van der Waals surface area contributed by atoms with Crippen LogP contribution in [0.1, 0.15) is 12.1 Å². The van der Waals surface area contributed by atoms with Crippen LogP contribution in [0, 0.1) is 0 Å². The highest BCUT2D eigenvalue weighted by molar-refractivity contribution is 6.01. The second kappa shape index (κ2) is 5.70. The molecule has 1 aliphatic heterocycles. The molecule has 0 fully saturated rings. The summed E-state index contributed by atoms with van der Waals surface area (Å²) in [4.78, 5) is 6.32. The molecule has 21 heavy (non-hydrogen) atoms. The Morgan fingerprint density at radius 1 is 1.24 bits per heavy atom. The van der Waals surface area contributed by atoms with E-state index in [1.54, 1.807) is 6.20 Å². The van der Waals surface area contributed by atoms with E-state index in [9.17, 15) is 0 Å². The molecule has 6 heteroatoms. The molecule has 3 N–H and O–H groups in total. The number of rotatable bonds is 2. The number of oxime groups is 1. The van der Waals surface area contributed by atoms with E-state index in [0.29, 0.717) is 12.3 Å². The Labute approximate surface area is 122 Å². The molecule has 0 saturated heterocycles. The van der Waals surface area contributed by atoms with Gasteiger partial charge in [0.1, 0.15) is 11.4 Å². The Morgan fingerprint density at radius 2 is 2.05 bits per heavy atom. The summed E-state index contributed by atoms with van der Waals surface area (Å²) in [6.07, 6.45) is 2.50. The summed E-state index contributed by atoms with van der Waals surface area (Å²) in [6.45, 7) is 1.43. The van der Waals surface area contributed by atoms with E-state index in [1.165, 1.54) is 0 Å². The minimum atomic E-state index is -0.00625. The third-order valence-electron chi connectivity index (χ3n) is 3.37. The molecule has 1 aromatic carbocycles. The summed E-state index contributed by atoms with van der Waals surface area (Å²) in [5, 5.41) is 12.0. The van der Waals surface area contributed by atoms with Crippen LogP contribution < -0.4 is 15.4 Å². The van der Waals surface area contributed by atoms with E-state index >= 15 is 0 Å². The number of pyridine rings is 1. The summed E-state index contributed by atoms with van der Waals surface area (Å²) < 4.78 is 5.75. The summed E-state index contributed by atoms with van der Waals surface area (Å²) in [5.74, 6) is 0.817. The predicted molar refractivity (Wildman–Crippen MR) is 80.3 cm³/mol. The van der Waals surface area contributed by atoms with Crippen molar-refractivity contribution in [1.29, 1.82) is 0 Å². The Morgan fingerprint density at radius 3 is 2.90 bits per heavy atom. The van der Waals surface area contributed by atoms with Crippen LogP contribution >= 0.6 is 0 Å². The highest BCUT2D eigenvalue weighted by Gasteiger charge is 2.21. The first-order valence-electron chi connectivity index (χ1n) is 6.73. The fraction of sp³-hybridized carbons (Fsp3) is 0.200. The Bertz CT molecular complexity index is 672. The Hall–Kier alpha value is -2.76. The van der Waals surface area contributed by atoms with E-state index in [-0.39, 0.29) is 5.84 Å². The Kier molecular flexibility index (Phi) is 3.59. The van der Waals surface area contributed by atoms with Crippen LogP contribution in [0.4, 0.5) is 11.4 Å². The number of fused-ring (bicyclic) bond motifs is 1. The van der Waals surface area contributed by atoms with Gasteiger partial charge in [0, 0.05) is 12.7 Å². The van der Waals surface area contributed by atoms with Crippen molar-refractivity contribution < 1.29 is 9.94 Å². The standard InChI is InChI=1S/C15H16N4O2/c16-15(18-20)14-12(6-3-8-17-14)19-9-4-10-21-13-7-2-1-5-11(13)19/h1-3,5-8,20H,4,9-10H2,(H2,16,18). The van der Waals surface area contributed by atoms with Crippen molar-refractivity contribution in [2.75, 3.05) is 18.1 Å². The molecule has 0 saturated carbocycles. The fourth-order valence-corrected chi connectivity index (χ4v) is 2.44. The van der Waals surface area contributed by atoms with Crippen LogP contribution in [0.3, 0.4) is 0 Å². The van der Waals surface area contributed by atoms with Gasteiger partial charge in [-0.1, -0.05) is 17.3 Å². The molecule has 3 rings (SSSR count). The molecule has 1 aromatic heterocycles. The molecule has 0 unspecified atom stereocenters. The minimum Gasteiger partial charge on any atom is -0.491 e. The van der Waals surface area contributed by atoms with Crippen LogP contribution in [-0.2, 0) is 0 Å². The van der Waals surface area contributed by atoms with Gasteiger partial charge in [0.2, 0.25) is 0 Å². The van der Waals surface area contributed by atoms with Crippen LogP contribution in [0.25, 0.3) is 0 Å². The molecule has 0 radical (unpaired) electrons. The third kappa shape index (κ3) is 2.47. The first-order chi connectivity index (χ1) is 10.3. The number of hydrogen-bond donors (Lipinski definition) is 2. The quantitative estimate of drug-likeness (QED) is 0.382. The summed E-state index contributed by atoms with van der Waals surface area (Å²) in [6, 6.07) is 11.6. The summed E-state index contributed by atoms with van der Waals surface area (Å²) in [5.41, 5.74) is 7.95. The predicted octanol–water partition coefficient (Wildman–Crippen LogP) is 2.10. The number of nitrogens with two attached hydrogens (primary N) is 1. The summed E-state index contributed by atoms with van der Waals surface area (Å²) in [7, 11) is 0. The molecule has 0 spiro atoms. The number of amidine groups is 1. The van der Waals surface area contributed by atoms with Gasteiger partial charge in [-0.05, 0) is 30.7 Å². The van der Waals surface area contributed by atoms with E-state index in [2.05, 4.69) is 15.0 Å². The van der Waals surface area contributed by atoms with Gasteiger partial charge < -0.3 is 20.6 Å². The second-order valence-corrected chi connectivity index (χ2v) is 4.68. The lowest BCUT2D eigenvalue weighted by Crippen LogP contribution is -2.24. The van der Waals surface area contributed by atoms with Crippen molar-refractivity contribution in [2.45, 2.75) is 6.42 Å². The molecule has 2 heterocycles. The molecular weight excluding hydrogens is 268 g/mol. The maximum Gasteiger partial charge on any atom is 0.190 e. The van der Waals surface area contributed by atoms with Gasteiger partial charge in [-0.2, -0.15) is 0 Å². The molecule has 1 aliphatic rings. The molecule has 108 valence electrons. The SMILES string of the molecule is N/C(=N/O)c1ncccc1N1CCCOc2ccccc21. The zero-order chi connectivity index (χ0) is 14.7. The van der Waals surface area contributed by atoms with Crippen LogP contribution in [-0.4, -0.2) is 29.2 Å². The first-order valence-corrected chi connectivity index (χ1v) is 6.73. The lowest BCUT2D eigenvalue weighted by Gasteiger charge is -2.25. The van der Waals surface area contributed by atoms with Crippen LogP contribution in [0.15, 0.2) is 47.8 Å². The average Bonchev–Trinajstić information content (AvgIpc) is 2.76. The van der Waals surface area contributed by atoms with Crippen LogP contribution in [0.5, 0.6) is 5.75 Å². The second-order valence-electron chi connectivity index (χ2n) is 4.68. The lowest BCUT2D eigenvalue weighted by molar-refractivity contribution is 0.318. The number of hydrogen-bond acceptors (Lipinski definition) is 5. The number of anilines is 2. The van der Waals surface area contributed by atoms with Crippen molar-refractivity contribution >= 4 is 17.2 Å². The molecule has 0 atom stereocenters. The van der Waals surface area contributed by atoms with Crippen molar-refractivity contribution in [3.05, 3.63) is 48.3 Å². The zero-order valence-corrected chi connectivity index (χ0v) is 11.4. The highest BCUT2D eigenvalue weighted by Crippen LogP contribution is 2.36. The normalized spacial score (nSPS) is 15.0. The Balaban J connectivity index is 2.13. The topological polar surface area (TPSA) is 84.0 Å². The minimum absolute atomic E-state index is 0.00625. The molecule has 0 aliphatic carbocycles. The molecule has 0 bridgehead atoms. The fourth-order valence-electron chi connectivity index (χ4n) is 2.44.